The van der Waals surface area contributed by atoms with Gasteiger partial charge in [0.15, 0.2) is 0 Å². The van der Waals surface area contributed by atoms with Crippen molar-refractivity contribution in [2.45, 2.75) is 38.0 Å². The van der Waals surface area contributed by atoms with E-state index in [-0.39, 0.29) is 16.7 Å². The van der Waals surface area contributed by atoms with E-state index < -0.39 is 10.0 Å². The quantitative estimate of drug-likeness (QED) is 0.834. The molecule has 0 unspecified atom stereocenters. The summed E-state index contributed by atoms with van der Waals surface area (Å²) in [5.74, 6) is 0.480. The van der Waals surface area contributed by atoms with Gasteiger partial charge in [0.2, 0.25) is 15.9 Å². The van der Waals surface area contributed by atoms with Crippen LogP contribution >= 0.6 is 11.6 Å². The molecule has 7 heteroatoms. The van der Waals surface area contributed by atoms with Crippen LogP contribution in [-0.2, 0) is 14.8 Å². The number of halogens is 1. The number of hydrogen-bond donors (Lipinski definition) is 1. The lowest BCUT2D eigenvalue weighted by atomic mass is 9.97. The third-order valence-electron chi connectivity index (χ3n) is 4.28. The van der Waals surface area contributed by atoms with Crippen LogP contribution in [0.3, 0.4) is 0 Å². The normalized spacial score (nSPS) is 17.2. The smallest absolute Gasteiger partial charge is 0.243 e. The van der Waals surface area contributed by atoms with Crippen molar-refractivity contribution in [3.63, 3.8) is 0 Å². The Bertz CT molecular complexity index is 668. The first-order valence-corrected chi connectivity index (χ1v) is 10.2. The molecule has 1 heterocycles. The third-order valence-corrected chi connectivity index (χ3v) is 6.41. The van der Waals surface area contributed by atoms with E-state index in [1.165, 1.54) is 10.4 Å². The molecule has 1 aromatic rings. The Morgan fingerprint density at radius 1 is 1.33 bits per heavy atom. The number of hydrogen-bond acceptors (Lipinski definition) is 3. The number of piperidine rings is 1. The maximum atomic E-state index is 12.6. The number of benzene rings is 1. The molecule has 0 radical (unpaired) electrons. The van der Waals surface area contributed by atoms with Crippen LogP contribution in [0, 0.1) is 11.8 Å². The Morgan fingerprint density at radius 2 is 2.00 bits per heavy atom. The van der Waals surface area contributed by atoms with Gasteiger partial charge in [0, 0.05) is 30.6 Å². The molecular weight excluding hydrogens is 348 g/mol. The maximum absolute atomic E-state index is 12.6. The molecule has 1 aliphatic rings. The molecule has 0 aliphatic carbocycles. The average Bonchev–Trinajstić information content (AvgIpc) is 2.54. The van der Waals surface area contributed by atoms with Crippen LogP contribution in [0.5, 0.6) is 0 Å². The molecular formula is C17H25ClN2O3S. The zero-order valence-electron chi connectivity index (χ0n) is 14.2. The molecule has 5 nitrogen and oxygen atoms in total. The van der Waals surface area contributed by atoms with Crippen molar-refractivity contribution in [2.75, 3.05) is 19.6 Å². The Hall–Kier alpha value is -1.11. The van der Waals surface area contributed by atoms with Gasteiger partial charge < -0.3 is 5.32 Å². The van der Waals surface area contributed by atoms with Gasteiger partial charge in [0.1, 0.15) is 0 Å². The lowest BCUT2D eigenvalue weighted by molar-refractivity contribution is -0.126. The predicted molar refractivity (Wildman–Crippen MR) is 95.4 cm³/mol. The van der Waals surface area contributed by atoms with Crippen LogP contribution in [0.25, 0.3) is 0 Å². The van der Waals surface area contributed by atoms with Gasteiger partial charge in [-0.05, 0) is 43.4 Å². The summed E-state index contributed by atoms with van der Waals surface area (Å²) in [5.41, 5.74) is 0. The Balaban J connectivity index is 1.91. The van der Waals surface area contributed by atoms with Gasteiger partial charge in [0.05, 0.1) is 4.90 Å². The Morgan fingerprint density at radius 3 is 2.58 bits per heavy atom. The first-order chi connectivity index (χ1) is 11.3. The van der Waals surface area contributed by atoms with Gasteiger partial charge in [-0.25, -0.2) is 8.42 Å². The van der Waals surface area contributed by atoms with E-state index in [1.807, 2.05) is 0 Å². The topological polar surface area (TPSA) is 66.5 Å². The fourth-order valence-corrected chi connectivity index (χ4v) is 4.53. The van der Waals surface area contributed by atoms with Crippen molar-refractivity contribution in [3.8, 4) is 0 Å². The van der Waals surface area contributed by atoms with Crippen LogP contribution in [0.15, 0.2) is 29.2 Å². The summed E-state index contributed by atoms with van der Waals surface area (Å²) >= 11 is 5.89. The van der Waals surface area contributed by atoms with Crippen molar-refractivity contribution in [2.24, 2.45) is 11.8 Å². The number of rotatable bonds is 6. The van der Waals surface area contributed by atoms with Crippen LogP contribution in [0.1, 0.15) is 33.1 Å². The van der Waals surface area contributed by atoms with E-state index >= 15 is 0 Å². The molecule has 1 N–H and O–H groups in total. The van der Waals surface area contributed by atoms with E-state index in [2.05, 4.69) is 19.2 Å². The van der Waals surface area contributed by atoms with E-state index in [4.69, 9.17) is 11.6 Å². The molecule has 0 saturated carbocycles. The summed E-state index contributed by atoms with van der Waals surface area (Å²) in [4.78, 5) is 12.4. The monoisotopic (exact) mass is 372 g/mol. The predicted octanol–water partition coefficient (Wildman–Crippen LogP) is 2.90. The summed E-state index contributed by atoms with van der Waals surface area (Å²) in [6.07, 6.45) is 2.05. The van der Waals surface area contributed by atoms with E-state index in [9.17, 15) is 13.2 Å². The van der Waals surface area contributed by atoms with Gasteiger partial charge in [-0.2, -0.15) is 4.31 Å². The number of nitrogens with zero attached hydrogens (tertiary/aromatic N) is 1. The molecule has 0 bridgehead atoms. The Labute approximate surface area is 149 Å². The van der Waals surface area contributed by atoms with Gasteiger partial charge in [-0.3, -0.25) is 4.79 Å². The summed E-state index contributed by atoms with van der Waals surface area (Å²) in [5, 5.41) is 3.35. The second-order valence-electron chi connectivity index (χ2n) is 6.61. The molecule has 24 heavy (non-hydrogen) atoms. The summed E-state index contributed by atoms with van der Waals surface area (Å²) < 4.78 is 26.7. The highest BCUT2D eigenvalue weighted by Gasteiger charge is 2.32. The molecule has 2 rings (SSSR count). The van der Waals surface area contributed by atoms with Gasteiger partial charge in [0.25, 0.3) is 0 Å². The lowest BCUT2D eigenvalue weighted by Gasteiger charge is -2.30. The number of nitrogens with one attached hydrogen (secondary N) is 1. The molecule has 134 valence electrons. The van der Waals surface area contributed by atoms with Gasteiger partial charge >= 0.3 is 0 Å². The fourth-order valence-electron chi connectivity index (χ4n) is 2.76. The highest BCUT2D eigenvalue weighted by molar-refractivity contribution is 7.89. The van der Waals surface area contributed by atoms with Crippen LogP contribution < -0.4 is 5.32 Å². The molecule has 1 fully saturated rings. The molecule has 0 spiro atoms. The van der Waals surface area contributed by atoms with Gasteiger partial charge in [-0.15, -0.1) is 0 Å². The van der Waals surface area contributed by atoms with Crippen LogP contribution in [0.4, 0.5) is 0 Å². The largest absolute Gasteiger partial charge is 0.356 e. The standard InChI is InChI=1S/C17H25ClN2O3S/c1-13(2)6-9-19-17(21)14-7-10-20(11-8-14)24(22,23)16-5-3-4-15(18)12-16/h3-5,12-14H,6-11H2,1-2H3,(H,19,21). The fraction of sp³-hybridized carbons (Fsp3) is 0.588. The van der Waals surface area contributed by atoms with Crippen molar-refractivity contribution < 1.29 is 13.2 Å². The van der Waals surface area contributed by atoms with Crippen molar-refractivity contribution >= 4 is 27.5 Å². The second kappa shape index (κ2) is 8.32. The molecule has 1 saturated heterocycles. The molecule has 0 aromatic heterocycles. The highest BCUT2D eigenvalue weighted by atomic mass is 35.5. The minimum absolute atomic E-state index is 0.0375. The van der Waals surface area contributed by atoms with Crippen molar-refractivity contribution in [3.05, 3.63) is 29.3 Å². The number of amides is 1. The zero-order valence-corrected chi connectivity index (χ0v) is 15.7. The number of sulfonamides is 1. The SMILES string of the molecule is CC(C)CCNC(=O)C1CCN(S(=O)(=O)c2cccc(Cl)c2)CC1. The molecule has 0 atom stereocenters. The molecule has 1 aromatic carbocycles. The maximum Gasteiger partial charge on any atom is 0.243 e. The average molecular weight is 373 g/mol. The summed E-state index contributed by atoms with van der Waals surface area (Å²) in [6.45, 7) is 5.63. The summed E-state index contributed by atoms with van der Waals surface area (Å²) in [6, 6.07) is 6.28. The number of carbonyl (C=O) groups excluding carboxylic acids is 1. The molecule has 1 amide bonds. The highest BCUT2D eigenvalue weighted by Crippen LogP contribution is 2.25. The zero-order chi connectivity index (χ0) is 17.7. The first-order valence-electron chi connectivity index (χ1n) is 8.34. The second-order valence-corrected chi connectivity index (χ2v) is 8.98. The summed E-state index contributed by atoms with van der Waals surface area (Å²) in [7, 11) is -3.54. The minimum Gasteiger partial charge on any atom is -0.356 e. The molecule has 1 aliphatic heterocycles. The van der Waals surface area contributed by atoms with Crippen LogP contribution in [-0.4, -0.2) is 38.3 Å². The van der Waals surface area contributed by atoms with Crippen LogP contribution in [0.2, 0.25) is 5.02 Å². The third kappa shape index (κ3) is 4.94. The van der Waals surface area contributed by atoms with E-state index in [0.29, 0.717) is 43.4 Å². The van der Waals surface area contributed by atoms with E-state index in [1.54, 1.807) is 18.2 Å². The number of carbonyl (C=O) groups is 1. The van der Waals surface area contributed by atoms with Crippen molar-refractivity contribution in [1.29, 1.82) is 0 Å². The van der Waals surface area contributed by atoms with Crippen molar-refractivity contribution in [1.82, 2.24) is 9.62 Å². The minimum atomic E-state index is -3.54. The Kier molecular flexibility index (Phi) is 6.66. The lowest BCUT2D eigenvalue weighted by Crippen LogP contribution is -2.43. The van der Waals surface area contributed by atoms with Gasteiger partial charge in [-0.1, -0.05) is 31.5 Å². The first kappa shape index (κ1) is 19.2. The van der Waals surface area contributed by atoms with E-state index in [0.717, 1.165) is 6.42 Å².